The minimum absolute atomic E-state index is 0.00740. The number of urea groups is 1. The van der Waals surface area contributed by atoms with E-state index in [2.05, 4.69) is 20.9 Å². The maximum Gasteiger partial charge on any atom is 0.547 e. The number of nitrogens with zero attached hydrogens (tertiary/aromatic N) is 1. The van der Waals surface area contributed by atoms with E-state index in [1.54, 1.807) is 6.07 Å². The molecule has 1 aliphatic heterocycles. The van der Waals surface area contributed by atoms with Crippen molar-refractivity contribution in [2.45, 2.75) is 18.4 Å². The number of rotatable bonds is 7. The molecule has 3 amide bonds. The number of anilines is 1. The molecule has 2 aromatic rings. The summed E-state index contributed by atoms with van der Waals surface area (Å²) in [5.74, 6) is -4.24. The van der Waals surface area contributed by atoms with Crippen molar-refractivity contribution in [3.8, 4) is 5.75 Å². The van der Waals surface area contributed by atoms with E-state index >= 15 is 0 Å². The third-order valence-corrected chi connectivity index (χ3v) is 5.14. The Labute approximate surface area is 184 Å². The highest BCUT2D eigenvalue weighted by molar-refractivity contribution is 7.13. The number of carbonyl (C=O) groups excluding carboxylic acids is 2. The summed E-state index contributed by atoms with van der Waals surface area (Å²) in [6, 6.07) is 2.16. The average Bonchev–Trinajstić information content (AvgIpc) is 3.16. The number of para-hydroxylation sites is 1. The van der Waals surface area contributed by atoms with Gasteiger partial charge >= 0.3 is 25.1 Å². The lowest BCUT2D eigenvalue weighted by molar-refractivity contribution is -0.135. The fraction of sp³-hybridized carbons (Fsp3) is 0.235. The molecule has 2 atom stereocenters. The van der Waals surface area contributed by atoms with Crippen LogP contribution in [-0.2, 0) is 16.0 Å². The number of hydrogen-bond acceptors (Lipinski definition) is 9. The zero-order chi connectivity index (χ0) is 23.4. The number of carbonyl (C=O) groups is 4. The number of thiazole rings is 1. The molecule has 13 nitrogen and oxygen atoms in total. The number of aromatic carboxylic acids is 1. The van der Waals surface area contributed by atoms with Crippen LogP contribution in [0.25, 0.3) is 0 Å². The smallest absolute Gasteiger partial charge is 0.534 e. The van der Waals surface area contributed by atoms with E-state index < -0.39 is 49.5 Å². The highest BCUT2D eigenvalue weighted by Gasteiger charge is 2.39. The maximum absolute atomic E-state index is 12.9. The quantitative estimate of drug-likeness (QED) is 0.248. The third-order valence-electron chi connectivity index (χ3n) is 4.45. The van der Waals surface area contributed by atoms with Crippen molar-refractivity contribution in [1.82, 2.24) is 20.9 Å². The van der Waals surface area contributed by atoms with Gasteiger partial charge in [0, 0.05) is 5.38 Å². The monoisotopic (exact) mass is 463 g/mol. The molecule has 3 rings (SSSR count). The highest BCUT2D eigenvalue weighted by Crippen LogP contribution is 2.30. The van der Waals surface area contributed by atoms with E-state index in [0.717, 1.165) is 11.3 Å². The Hall–Kier alpha value is -3.85. The normalized spacial score (nSPS) is 15.7. The van der Waals surface area contributed by atoms with E-state index in [1.807, 2.05) is 0 Å². The van der Waals surface area contributed by atoms with E-state index in [9.17, 15) is 29.3 Å². The number of fused-ring (bicyclic) bond motifs is 1. The van der Waals surface area contributed by atoms with Gasteiger partial charge in [-0.15, -0.1) is 11.3 Å². The number of aliphatic carboxylic acids is 1. The van der Waals surface area contributed by atoms with E-state index in [1.165, 1.54) is 17.5 Å². The lowest BCUT2D eigenvalue weighted by atomic mass is 9.72. The van der Waals surface area contributed by atoms with Crippen molar-refractivity contribution in [2.24, 2.45) is 0 Å². The molecule has 1 aliphatic rings. The van der Waals surface area contributed by atoms with Crippen molar-refractivity contribution in [3.05, 3.63) is 40.4 Å². The van der Waals surface area contributed by atoms with Crippen molar-refractivity contribution < 1.29 is 39.1 Å². The zero-order valence-electron chi connectivity index (χ0n) is 16.3. The number of nitrogens with two attached hydrogens (primary N) is 1. The van der Waals surface area contributed by atoms with Gasteiger partial charge in [0.05, 0.1) is 17.2 Å². The average molecular weight is 463 g/mol. The van der Waals surface area contributed by atoms with Gasteiger partial charge in [-0.3, -0.25) is 9.59 Å². The molecule has 1 aromatic heterocycles. The van der Waals surface area contributed by atoms with Crippen LogP contribution >= 0.6 is 11.3 Å². The molecule has 0 aliphatic carbocycles. The molecule has 0 radical (unpaired) electrons. The predicted octanol–water partition coefficient (Wildman–Crippen LogP) is -1.01. The molecule has 32 heavy (non-hydrogen) atoms. The molecule has 0 saturated heterocycles. The number of nitrogens with one attached hydrogen (secondary N) is 3. The number of carboxylic acids is 2. The third kappa shape index (κ3) is 5.25. The summed E-state index contributed by atoms with van der Waals surface area (Å²) in [5, 5.41) is 36.8. The second-order valence-electron chi connectivity index (χ2n) is 6.69. The summed E-state index contributed by atoms with van der Waals surface area (Å²) >= 11 is 1.03. The molecule has 1 aromatic carbocycles. The Bertz CT molecular complexity index is 1060. The summed E-state index contributed by atoms with van der Waals surface area (Å²) in [4.78, 5) is 50.9. The van der Waals surface area contributed by atoms with Gasteiger partial charge in [0.1, 0.15) is 12.3 Å². The van der Waals surface area contributed by atoms with Gasteiger partial charge in [-0.05, 0) is 18.1 Å². The number of hydrogen-bond donors (Lipinski definition) is 7. The topological polar surface area (TPSA) is 213 Å². The van der Waals surface area contributed by atoms with Crippen LogP contribution in [0, 0.1) is 0 Å². The van der Waals surface area contributed by atoms with Crippen LogP contribution in [0.1, 0.15) is 27.7 Å². The largest absolute Gasteiger partial charge is 0.547 e. The lowest BCUT2D eigenvalue weighted by Gasteiger charge is -2.30. The van der Waals surface area contributed by atoms with Crippen LogP contribution in [0.5, 0.6) is 5.75 Å². The molecule has 1 unspecified atom stereocenters. The van der Waals surface area contributed by atoms with Gasteiger partial charge < -0.3 is 41.6 Å². The number of amides is 3. The summed E-state index contributed by atoms with van der Waals surface area (Å²) in [7, 11) is -1.56. The molecule has 8 N–H and O–H groups in total. The molecule has 168 valence electrons. The highest BCUT2D eigenvalue weighted by atomic mass is 32.1. The molecule has 0 spiro atoms. The van der Waals surface area contributed by atoms with Gasteiger partial charge in [-0.25, -0.2) is 14.6 Å². The second-order valence-corrected chi connectivity index (χ2v) is 7.58. The summed E-state index contributed by atoms with van der Waals surface area (Å²) in [6.45, 7) is -0.669. The molecule has 0 bridgehead atoms. The molecule has 0 fully saturated rings. The molecular formula is C17H18BN5O8S. The fourth-order valence-electron chi connectivity index (χ4n) is 3.03. The lowest BCUT2D eigenvalue weighted by Crippen LogP contribution is -2.56. The number of nitrogen functional groups attached to an aromatic ring is 1. The Morgan fingerprint density at radius 1 is 1.31 bits per heavy atom. The van der Waals surface area contributed by atoms with E-state index in [-0.39, 0.29) is 28.6 Å². The first-order valence-corrected chi connectivity index (χ1v) is 10.0. The molecular weight excluding hydrogens is 445 g/mol. The van der Waals surface area contributed by atoms with Crippen molar-refractivity contribution in [2.75, 3.05) is 12.3 Å². The fourth-order valence-corrected chi connectivity index (χ4v) is 3.62. The Balaban J connectivity index is 1.77. The summed E-state index contributed by atoms with van der Waals surface area (Å²) < 4.78 is 5.33. The Kier molecular flexibility index (Phi) is 6.80. The van der Waals surface area contributed by atoms with E-state index in [4.69, 9.17) is 15.5 Å². The van der Waals surface area contributed by atoms with Gasteiger partial charge in [0.15, 0.2) is 11.2 Å². The number of benzene rings is 1. The Morgan fingerprint density at radius 2 is 2.06 bits per heavy atom. The van der Waals surface area contributed by atoms with Gasteiger partial charge in [-0.1, -0.05) is 12.1 Å². The van der Waals surface area contributed by atoms with Crippen LogP contribution in [0.4, 0.5) is 9.93 Å². The van der Waals surface area contributed by atoms with Crippen molar-refractivity contribution in [1.29, 1.82) is 0 Å². The zero-order valence-corrected chi connectivity index (χ0v) is 17.1. The SMILES string of the molecule is Nc1nc(C(NC(=O)NCC(=O)O)C(=O)N[C@H]2Cc3cccc(C(=O)O)c3OB2O)cs1. The van der Waals surface area contributed by atoms with Gasteiger partial charge in [0.25, 0.3) is 0 Å². The first kappa shape index (κ1) is 22.8. The van der Waals surface area contributed by atoms with Crippen LogP contribution in [0.15, 0.2) is 23.6 Å². The van der Waals surface area contributed by atoms with Crippen LogP contribution < -0.4 is 26.3 Å². The summed E-state index contributed by atoms with van der Waals surface area (Å²) in [6.07, 6.45) is 0.0560. The predicted molar refractivity (Wildman–Crippen MR) is 111 cm³/mol. The minimum atomic E-state index is -1.56. The van der Waals surface area contributed by atoms with Crippen LogP contribution in [0.2, 0.25) is 0 Å². The summed E-state index contributed by atoms with van der Waals surface area (Å²) in [5.41, 5.74) is 6.05. The van der Waals surface area contributed by atoms with Gasteiger partial charge in [0.2, 0.25) is 5.91 Å². The van der Waals surface area contributed by atoms with Gasteiger partial charge in [-0.2, -0.15) is 0 Å². The van der Waals surface area contributed by atoms with Crippen LogP contribution in [0.3, 0.4) is 0 Å². The number of aromatic nitrogens is 1. The van der Waals surface area contributed by atoms with Crippen molar-refractivity contribution >= 4 is 47.5 Å². The number of carboxylic acid groups (broad SMARTS) is 2. The molecule has 15 heteroatoms. The second kappa shape index (κ2) is 9.53. The first-order valence-electron chi connectivity index (χ1n) is 9.13. The van der Waals surface area contributed by atoms with Crippen molar-refractivity contribution in [3.63, 3.8) is 0 Å². The van der Waals surface area contributed by atoms with E-state index in [0.29, 0.717) is 5.56 Å². The minimum Gasteiger partial charge on any atom is -0.534 e. The maximum atomic E-state index is 12.9. The molecule has 0 saturated carbocycles. The first-order chi connectivity index (χ1) is 15.2. The van der Waals surface area contributed by atoms with Crippen LogP contribution in [-0.4, -0.2) is 63.7 Å². The molecule has 2 heterocycles. The Morgan fingerprint density at radius 3 is 2.69 bits per heavy atom. The standard InChI is InChI=1S/C17H18BN5O8S/c19-16-21-9(6-32-16)12(23-17(29)20-5-11(24)25)14(26)22-10-4-7-2-1-3-8(15(27)28)13(7)31-18(10)30/h1-3,6,10,12,30H,4-5H2,(H2,19,21)(H,22,26)(H,24,25)(H,27,28)(H2,20,23,29)/t10-,12?/m0/s1.